The zero-order valence-corrected chi connectivity index (χ0v) is 17.4. The number of hydrogen-bond donors (Lipinski definition) is 4. The number of nitrogens with zero attached hydrogens (tertiary/aromatic N) is 2. The van der Waals surface area contributed by atoms with Crippen molar-refractivity contribution in [1.29, 1.82) is 5.41 Å². The second kappa shape index (κ2) is 9.68. The Bertz CT molecular complexity index is 877. The van der Waals surface area contributed by atoms with Gasteiger partial charge in [0.1, 0.15) is 5.82 Å². The third-order valence-corrected chi connectivity index (χ3v) is 4.30. The molecule has 0 unspecified atom stereocenters. The molecule has 2 aromatic rings. The van der Waals surface area contributed by atoms with E-state index >= 15 is 0 Å². The minimum absolute atomic E-state index is 0.0507. The number of nitrogens with one attached hydrogen (secondary N) is 4. The number of carbonyl (C=O) groups is 2. The normalized spacial score (nSPS) is 10.6. The molecule has 4 N–H and O–H groups in total. The minimum atomic E-state index is -0.432. The molecule has 0 radical (unpaired) electrons. The predicted octanol–water partition coefficient (Wildman–Crippen LogP) is 4.01. The number of hydrogen-bond acceptors (Lipinski definition) is 6. The van der Waals surface area contributed by atoms with Crippen molar-refractivity contribution in [3.05, 3.63) is 47.2 Å². The molecule has 0 bridgehead atoms. The monoisotopic (exact) mass is 396 g/mol. The number of benzene rings is 1. The van der Waals surface area contributed by atoms with Crippen molar-refractivity contribution in [2.75, 3.05) is 22.8 Å². The van der Waals surface area contributed by atoms with E-state index in [4.69, 9.17) is 5.41 Å². The van der Waals surface area contributed by atoms with Crippen LogP contribution in [0.5, 0.6) is 0 Å². The SMILES string of the molecule is CC(C)NC(=O)Nc1ncc(C=O)c(NN(C)c2ccc(C(C)C)cc2)c1C=N. The molecule has 0 saturated heterocycles. The standard InChI is InChI=1S/C21H28N6O2/c1-13(2)15-6-8-17(9-7-15)27(5)26-19-16(12-28)11-23-20(18(19)10-22)25-21(29)24-14(3)4/h6-14,22H,1-5H3,(H3,23,24,25,26,29). The summed E-state index contributed by atoms with van der Waals surface area (Å²) < 4.78 is 0. The van der Waals surface area contributed by atoms with Gasteiger partial charge < -0.3 is 10.7 Å². The largest absolute Gasteiger partial charge is 0.336 e. The quantitative estimate of drug-likeness (QED) is 0.306. The van der Waals surface area contributed by atoms with E-state index in [-0.39, 0.29) is 17.4 Å². The Balaban J connectivity index is 2.34. The van der Waals surface area contributed by atoms with Crippen molar-refractivity contribution in [3.8, 4) is 0 Å². The molecular weight excluding hydrogens is 368 g/mol. The third kappa shape index (κ3) is 5.54. The number of aldehydes is 1. The van der Waals surface area contributed by atoms with E-state index in [1.54, 1.807) is 5.01 Å². The van der Waals surface area contributed by atoms with Crippen LogP contribution in [-0.4, -0.2) is 36.6 Å². The summed E-state index contributed by atoms with van der Waals surface area (Å²) in [6, 6.07) is 7.56. The van der Waals surface area contributed by atoms with Crippen molar-refractivity contribution in [2.24, 2.45) is 0 Å². The van der Waals surface area contributed by atoms with Crippen LogP contribution in [0, 0.1) is 5.41 Å². The van der Waals surface area contributed by atoms with Crippen molar-refractivity contribution >= 4 is 35.7 Å². The summed E-state index contributed by atoms with van der Waals surface area (Å²) in [5, 5.41) is 14.9. The van der Waals surface area contributed by atoms with Gasteiger partial charge in [0.15, 0.2) is 6.29 Å². The van der Waals surface area contributed by atoms with Crippen LogP contribution in [0.3, 0.4) is 0 Å². The van der Waals surface area contributed by atoms with Gasteiger partial charge in [-0.2, -0.15) is 0 Å². The molecule has 154 valence electrons. The van der Waals surface area contributed by atoms with Crippen LogP contribution >= 0.6 is 0 Å². The lowest BCUT2D eigenvalue weighted by Crippen LogP contribution is -2.35. The summed E-state index contributed by atoms with van der Waals surface area (Å²) in [6.07, 6.45) is 3.09. The van der Waals surface area contributed by atoms with Gasteiger partial charge in [-0.3, -0.25) is 20.5 Å². The molecule has 0 spiro atoms. The molecule has 0 fully saturated rings. The van der Waals surface area contributed by atoms with Gasteiger partial charge in [0.25, 0.3) is 0 Å². The Labute approximate surface area is 171 Å². The zero-order valence-electron chi connectivity index (χ0n) is 17.4. The smallest absolute Gasteiger partial charge is 0.320 e. The first kappa shape index (κ1) is 21.9. The lowest BCUT2D eigenvalue weighted by molar-refractivity contribution is 0.112. The van der Waals surface area contributed by atoms with Crippen LogP contribution in [0.15, 0.2) is 30.5 Å². The molecule has 0 saturated carbocycles. The number of urea groups is 1. The highest BCUT2D eigenvalue weighted by molar-refractivity contribution is 6.02. The van der Waals surface area contributed by atoms with E-state index in [9.17, 15) is 9.59 Å². The third-order valence-electron chi connectivity index (χ3n) is 4.30. The number of amides is 2. The molecule has 0 aliphatic carbocycles. The van der Waals surface area contributed by atoms with Gasteiger partial charge in [-0.05, 0) is 37.5 Å². The lowest BCUT2D eigenvalue weighted by atomic mass is 10.0. The Morgan fingerprint density at radius 1 is 1.17 bits per heavy atom. The molecule has 8 nitrogen and oxygen atoms in total. The topological polar surface area (TPSA) is 110 Å². The van der Waals surface area contributed by atoms with Crippen molar-refractivity contribution in [3.63, 3.8) is 0 Å². The number of rotatable bonds is 8. The highest BCUT2D eigenvalue weighted by Crippen LogP contribution is 2.26. The Morgan fingerprint density at radius 3 is 2.34 bits per heavy atom. The average Bonchev–Trinajstić information content (AvgIpc) is 2.67. The van der Waals surface area contributed by atoms with Crippen LogP contribution in [0.1, 0.15) is 55.1 Å². The van der Waals surface area contributed by atoms with Crippen LogP contribution in [0.2, 0.25) is 0 Å². The molecule has 1 aromatic carbocycles. The van der Waals surface area contributed by atoms with Crippen LogP contribution < -0.4 is 21.1 Å². The molecule has 0 aliphatic heterocycles. The molecule has 2 amide bonds. The first-order valence-corrected chi connectivity index (χ1v) is 9.43. The summed E-state index contributed by atoms with van der Waals surface area (Å²) in [5.74, 6) is 0.620. The van der Waals surface area contributed by atoms with E-state index < -0.39 is 6.03 Å². The van der Waals surface area contributed by atoms with Gasteiger partial charge in [-0.15, -0.1) is 0 Å². The van der Waals surface area contributed by atoms with E-state index in [1.165, 1.54) is 11.8 Å². The summed E-state index contributed by atoms with van der Waals surface area (Å²) in [7, 11) is 1.81. The van der Waals surface area contributed by atoms with E-state index in [2.05, 4.69) is 34.9 Å². The first-order chi connectivity index (χ1) is 13.8. The lowest BCUT2D eigenvalue weighted by Gasteiger charge is -2.25. The highest BCUT2D eigenvalue weighted by atomic mass is 16.2. The molecule has 0 aliphatic rings. The van der Waals surface area contributed by atoms with Gasteiger partial charge in [-0.1, -0.05) is 26.0 Å². The van der Waals surface area contributed by atoms with Gasteiger partial charge in [0.2, 0.25) is 0 Å². The van der Waals surface area contributed by atoms with Gasteiger partial charge in [0, 0.05) is 25.5 Å². The van der Waals surface area contributed by atoms with E-state index in [1.807, 2.05) is 45.2 Å². The molecule has 8 heteroatoms. The second-order valence-corrected chi connectivity index (χ2v) is 7.28. The second-order valence-electron chi connectivity index (χ2n) is 7.28. The van der Waals surface area contributed by atoms with Crippen LogP contribution in [0.25, 0.3) is 0 Å². The van der Waals surface area contributed by atoms with Crippen molar-refractivity contribution in [2.45, 2.75) is 39.7 Å². The maximum atomic E-state index is 12.0. The fraction of sp³-hybridized carbons (Fsp3) is 0.333. The Morgan fingerprint density at radius 2 is 1.83 bits per heavy atom. The average molecular weight is 396 g/mol. The van der Waals surface area contributed by atoms with E-state index in [0.29, 0.717) is 23.5 Å². The highest BCUT2D eigenvalue weighted by Gasteiger charge is 2.17. The molecule has 29 heavy (non-hydrogen) atoms. The summed E-state index contributed by atoms with van der Waals surface area (Å²) >= 11 is 0. The number of aromatic nitrogens is 1. The fourth-order valence-corrected chi connectivity index (χ4v) is 2.72. The van der Waals surface area contributed by atoms with Gasteiger partial charge in [0.05, 0.1) is 22.5 Å². The zero-order chi connectivity index (χ0) is 21.6. The number of carbonyl (C=O) groups excluding carboxylic acids is 2. The van der Waals surface area contributed by atoms with Crippen LogP contribution in [-0.2, 0) is 0 Å². The molecule has 1 heterocycles. The van der Waals surface area contributed by atoms with E-state index in [0.717, 1.165) is 11.9 Å². The van der Waals surface area contributed by atoms with Crippen molar-refractivity contribution in [1.82, 2.24) is 10.3 Å². The number of pyridine rings is 1. The molecular formula is C21H28N6O2. The maximum absolute atomic E-state index is 12.0. The predicted molar refractivity (Wildman–Crippen MR) is 117 cm³/mol. The fourth-order valence-electron chi connectivity index (χ4n) is 2.72. The summed E-state index contributed by atoms with van der Waals surface area (Å²) in [5.41, 5.74) is 6.22. The van der Waals surface area contributed by atoms with Gasteiger partial charge in [-0.25, -0.2) is 9.78 Å². The number of anilines is 3. The Kier molecular flexibility index (Phi) is 7.30. The molecule has 1 aromatic heterocycles. The number of hydrazine groups is 1. The van der Waals surface area contributed by atoms with Gasteiger partial charge >= 0.3 is 6.03 Å². The van der Waals surface area contributed by atoms with Crippen LogP contribution in [0.4, 0.5) is 22.0 Å². The molecule has 0 atom stereocenters. The Hall–Kier alpha value is -3.42. The summed E-state index contributed by atoms with van der Waals surface area (Å²) in [4.78, 5) is 27.7. The molecule has 2 rings (SSSR count). The van der Waals surface area contributed by atoms with Crippen molar-refractivity contribution < 1.29 is 9.59 Å². The summed E-state index contributed by atoms with van der Waals surface area (Å²) in [6.45, 7) is 7.94. The maximum Gasteiger partial charge on any atom is 0.320 e. The minimum Gasteiger partial charge on any atom is -0.336 e. The first-order valence-electron chi connectivity index (χ1n) is 9.43.